The Bertz CT molecular complexity index is 741. The summed E-state index contributed by atoms with van der Waals surface area (Å²) in [5.74, 6) is 0. The number of benzene rings is 1. The molecule has 20 heavy (non-hydrogen) atoms. The molecule has 0 aliphatic rings. The van der Waals surface area contributed by atoms with Gasteiger partial charge in [0.05, 0.1) is 11.4 Å². The van der Waals surface area contributed by atoms with Crippen molar-refractivity contribution in [1.82, 2.24) is 14.8 Å². The fourth-order valence-corrected chi connectivity index (χ4v) is 2.67. The molecule has 3 nitrogen and oxygen atoms in total. The van der Waals surface area contributed by atoms with E-state index in [2.05, 4.69) is 10.1 Å². The van der Waals surface area contributed by atoms with Crippen molar-refractivity contribution in [3.63, 3.8) is 0 Å². The van der Waals surface area contributed by atoms with Crippen molar-refractivity contribution in [3.8, 4) is 11.3 Å². The van der Waals surface area contributed by atoms with E-state index in [0.29, 0.717) is 0 Å². The molecule has 2 aromatic heterocycles. The Morgan fingerprint density at radius 3 is 2.65 bits per heavy atom. The van der Waals surface area contributed by atoms with Crippen LogP contribution in [0, 0.1) is 0 Å². The third kappa shape index (κ3) is 2.81. The lowest BCUT2D eigenvalue weighted by Crippen LogP contribution is -1.91. The molecule has 0 amide bonds. The molecule has 0 saturated heterocycles. The standard InChI is InChI=1S/C15H12ClN3S/c1-19-13(8-9-17-19)6-7-15-18-14(10-20-15)11-2-4-12(16)5-3-11/h2-10H,1H3/b7-6-. The topological polar surface area (TPSA) is 30.7 Å². The average Bonchev–Trinajstić information content (AvgIpc) is 3.06. The van der Waals surface area contributed by atoms with E-state index in [1.54, 1.807) is 17.5 Å². The van der Waals surface area contributed by atoms with Crippen LogP contribution < -0.4 is 0 Å². The molecule has 100 valence electrons. The second kappa shape index (κ2) is 5.61. The summed E-state index contributed by atoms with van der Waals surface area (Å²) in [4.78, 5) is 4.60. The largest absolute Gasteiger partial charge is 0.269 e. The molecule has 1 aromatic carbocycles. The Morgan fingerprint density at radius 1 is 1.15 bits per heavy atom. The molecule has 3 rings (SSSR count). The highest BCUT2D eigenvalue weighted by Gasteiger charge is 2.02. The Morgan fingerprint density at radius 2 is 1.95 bits per heavy atom. The minimum atomic E-state index is 0.736. The highest BCUT2D eigenvalue weighted by molar-refractivity contribution is 7.10. The fraction of sp³-hybridized carbons (Fsp3) is 0.0667. The summed E-state index contributed by atoms with van der Waals surface area (Å²) in [6.45, 7) is 0. The first-order valence-electron chi connectivity index (χ1n) is 6.10. The molecule has 0 atom stereocenters. The summed E-state index contributed by atoms with van der Waals surface area (Å²) < 4.78 is 1.82. The normalized spacial score (nSPS) is 11.3. The van der Waals surface area contributed by atoms with E-state index in [0.717, 1.165) is 27.0 Å². The van der Waals surface area contributed by atoms with Crippen LogP contribution >= 0.6 is 22.9 Å². The van der Waals surface area contributed by atoms with Gasteiger partial charge in [0.15, 0.2) is 0 Å². The van der Waals surface area contributed by atoms with Gasteiger partial charge in [-0.2, -0.15) is 5.10 Å². The minimum Gasteiger partial charge on any atom is -0.269 e. The quantitative estimate of drug-likeness (QED) is 0.719. The van der Waals surface area contributed by atoms with Gasteiger partial charge in [0.25, 0.3) is 0 Å². The monoisotopic (exact) mass is 301 g/mol. The molecule has 0 bridgehead atoms. The Kier molecular flexibility index (Phi) is 3.67. The number of hydrogen-bond donors (Lipinski definition) is 0. The van der Waals surface area contributed by atoms with E-state index >= 15 is 0 Å². The zero-order valence-corrected chi connectivity index (χ0v) is 12.4. The fourth-order valence-electron chi connectivity index (χ4n) is 1.82. The highest BCUT2D eigenvalue weighted by atomic mass is 35.5. The van der Waals surface area contributed by atoms with Gasteiger partial charge in [-0.15, -0.1) is 11.3 Å². The van der Waals surface area contributed by atoms with Crippen molar-refractivity contribution >= 4 is 35.1 Å². The maximum absolute atomic E-state index is 5.89. The molecule has 5 heteroatoms. The maximum atomic E-state index is 5.89. The second-order valence-electron chi connectivity index (χ2n) is 4.29. The van der Waals surface area contributed by atoms with Crippen molar-refractivity contribution in [3.05, 3.63) is 57.6 Å². The summed E-state index contributed by atoms with van der Waals surface area (Å²) in [5.41, 5.74) is 3.09. The van der Waals surface area contributed by atoms with Gasteiger partial charge in [-0.25, -0.2) is 4.98 Å². The van der Waals surface area contributed by atoms with Gasteiger partial charge < -0.3 is 0 Å². The van der Waals surface area contributed by atoms with E-state index in [4.69, 9.17) is 11.6 Å². The number of hydrogen-bond acceptors (Lipinski definition) is 3. The van der Waals surface area contributed by atoms with Crippen LogP contribution in [0.1, 0.15) is 10.7 Å². The van der Waals surface area contributed by atoms with Crippen molar-refractivity contribution < 1.29 is 0 Å². The van der Waals surface area contributed by atoms with Gasteiger partial charge in [-0.05, 0) is 30.4 Å². The van der Waals surface area contributed by atoms with Crippen LogP contribution in [0.15, 0.2) is 41.9 Å². The van der Waals surface area contributed by atoms with Gasteiger partial charge in [-0.3, -0.25) is 4.68 Å². The van der Waals surface area contributed by atoms with Crippen LogP contribution in [-0.2, 0) is 7.05 Å². The lowest BCUT2D eigenvalue weighted by atomic mass is 10.2. The first-order valence-corrected chi connectivity index (χ1v) is 7.36. The van der Waals surface area contributed by atoms with E-state index in [9.17, 15) is 0 Å². The molecule has 0 spiro atoms. The number of thiazole rings is 1. The number of halogens is 1. The van der Waals surface area contributed by atoms with Crippen molar-refractivity contribution in [2.45, 2.75) is 0 Å². The van der Waals surface area contributed by atoms with Crippen molar-refractivity contribution in [2.75, 3.05) is 0 Å². The molecule has 0 aliphatic carbocycles. The van der Waals surface area contributed by atoms with Crippen LogP contribution in [0.5, 0.6) is 0 Å². The Labute approximate surface area is 126 Å². The van der Waals surface area contributed by atoms with Gasteiger partial charge in [0.2, 0.25) is 0 Å². The molecule has 0 saturated carbocycles. The second-order valence-corrected chi connectivity index (χ2v) is 5.62. The molecule has 0 N–H and O–H groups in total. The van der Waals surface area contributed by atoms with E-state index < -0.39 is 0 Å². The first kappa shape index (κ1) is 13.1. The third-order valence-corrected chi connectivity index (χ3v) is 3.98. The maximum Gasteiger partial charge on any atom is 0.116 e. The van der Waals surface area contributed by atoms with Crippen LogP contribution in [0.4, 0.5) is 0 Å². The highest BCUT2D eigenvalue weighted by Crippen LogP contribution is 2.24. The molecular weight excluding hydrogens is 290 g/mol. The number of aryl methyl sites for hydroxylation is 1. The van der Waals surface area contributed by atoms with Gasteiger partial charge >= 0.3 is 0 Å². The summed E-state index contributed by atoms with van der Waals surface area (Å²) in [6, 6.07) is 9.67. The van der Waals surface area contributed by atoms with Crippen LogP contribution in [0.25, 0.3) is 23.4 Å². The minimum absolute atomic E-state index is 0.736. The molecule has 0 radical (unpaired) electrons. The Hall–Kier alpha value is -1.91. The number of nitrogens with zero attached hydrogens (tertiary/aromatic N) is 3. The first-order chi connectivity index (χ1) is 9.72. The molecule has 0 aliphatic heterocycles. The van der Waals surface area contributed by atoms with Crippen LogP contribution in [-0.4, -0.2) is 14.8 Å². The van der Waals surface area contributed by atoms with E-state index in [1.165, 1.54) is 0 Å². The van der Waals surface area contributed by atoms with Gasteiger partial charge in [0, 0.05) is 29.2 Å². The summed E-state index contributed by atoms with van der Waals surface area (Å²) >= 11 is 7.50. The summed E-state index contributed by atoms with van der Waals surface area (Å²) in [7, 11) is 1.92. The molecule has 0 unspecified atom stereocenters. The summed E-state index contributed by atoms with van der Waals surface area (Å²) in [6.07, 6.45) is 5.79. The predicted octanol–water partition coefficient (Wildman–Crippen LogP) is 4.37. The van der Waals surface area contributed by atoms with Crippen molar-refractivity contribution in [2.24, 2.45) is 7.05 Å². The number of rotatable bonds is 3. The molecule has 0 fully saturated rings. The SMILES string of the molecule is Cn1nccc1/C=C\c1nc(-c2ccc(Cl)cc2)cs1. The third-order valence-electron chi connectivity index (χ3n) is 2.92. The Balaban J connectivity index is 1.82. The lowest BCUT2D eigenvalue weighted by Gasteiger charge is -1.95. The van der Waals surface area contributed by atoms with Crippen molar-refractivity contribution in [1.29, 1.82) is 0 Å². The van der Waals surface area contributed by atoms with Crippen LogP contribution in [0.3, 0.4) is 0 Å². The zero-order valence-electron chi connectivity index (χ0n) is 10.8. The smallest absolute Gasteiger partial charge is 0.116 e. The molecular formula is C15H12ClN3S. The zero-order chi connectivity index (χ0) is 13.9. The number of aromatic nitrogens is 3. The van der Waals surface area contributed by atoms with Crippen LogP contribution in [0.2, 0.25) is 5.02 Å². The lowest BCUT2D eigenvalue weighted by molar-refractivity contribution is 0.760. The molecule has 2 heterocycles. The average molecular weight is 302 g/mol. The van der Waals surface area contributed by atoms with E-state index in [-0.39, 0.29) is 0 Å². The summed E-state index contributed by atoms with van der Waals surface area (Å²) in [5, 5.41) is 7.88. The van der Waals surface area contributed by atoms with E-state index in [1.807, 2.05) is 59.6 Å². The van der Waals surface area contributed by atoms with Gasteiger partial charge in [-0.1, -0.05) is 23.7 Å². The van der Waals surface area contributed by atoms with Gasteiger partial charge in [0.1, 0.15) is 5.01 Å². The molecule has 3 aromatic rings. The predicted molar refractivity (Wildman–Crippen MR) is 84.7 cm³/mol.